The summed E-state index contributed by atoms with van der Waals surface area (Å²) in [6.07, 6.45) is 0. The number of halogens is 1. The molecule has 0 aliphatic carbocycles. The number of H-pyrrole nitrogens is 1. The standard InChI is InChI=1S/C15H13BrN2O2/c1-8-2-4-10(11(16)6-8)14(17)9-3-5-12-13(7-9)20-15(19)18-12/h2-7,14H,17H2,1H3,(H,18,19). The van der Waals surface area contributed by atoms with Gasteiger partial charge in [-0.15, -0.1) is 0 Å². The molecule has 0 spiro atoms. The Kier molecular flexibility index (Phi) is 3.23. The van der Waals surface area contributed by atoms with Crippen LogP contribution in [-0.4, -0.2) is 4.98 Å². The zero-order valence-electron chi connectivity index (χ0n) is 10.8. The van der Waals surface area contributed by atoms with Gasteiger partial charge in [-0.3, -0.25) is 4.98 Å². The third-order valence-electron chi connectivity index (χ3n) is 3.30. The van der Waals surface area contributed by atoms with E-state index in [-0.39, 0.29) is 6.04 Å². The molecule has 0 saturated heterocycles. The van der Waals surface area contributed by atoms with Gasteiger partial charge in [0.15, 0.2) is 5.58 Å². The van der Waals surface area contributed by atoms with Crippen molar-refractivity contribution in [3.8, 4) is 0 Å². The summed E-state index contributed by atoms with van der Waals surface area (Å²) >= 11 is 3.54. The number of fused-ring (bicyclic) bond motifs is 1. The van der Waals surface area contributed by atoms with E-state index in [1.165, 1.54) is 5.56 Å². The second-order valence-electron chi connectivity index (χ2n) is 4.77. The van der Waals surface area contributed by atoms with E-state index in [1.54, 1.807) is 12.1 Å². The van der Waals surface area contributed by atoms with E-state index in [2.05, 4.69) is 20.9 Å². The Morgan fingerprint density at radius 3 is 2.80 bits per heavy atom. The summed E-state index contributed by atoms with van der Waals surface area (Å²) < 4.78 is 6.04. The summed E-state index contributed by atoms with van der Waals surface area (Å²) in [5, 5.41) is 0. The van der Waals surface area contributed by atoms with Crippen LogP contribution in [0.5, 0.6) is 0 Å². The summed E-state index contributed by atoms with van der Waals surface area (Å²) in [5.41, 5.74) is 10.6. The summed E-state index contributed by atoms with van der Waals surface area (Å²) in [6, 6.07) is 11.3. The van der Waals surface area contributed by atoms with Crippen LogP contribution in [0.2, 0.25) is 0 Å². The van der Waals surface area contributed by atoms with Crippen molar-refractivity contribution in [2.75, 3.05) is 0 Å². The van der Waals surface area contributed by atoms with Crippen LogP contribution in [0, 0.1) is 6.92 Å². The largest absolute Gasteiger partial charge is 0.417 e. The molecule has 20 heavy (non-hydrogen) atoms. The van der Waals surface area contributed by atoms with E-state index >= 15 is 0 Å². The van der Waals surface area contributed by atoms with E-state index in [0.29, 0.717) is 11.1 Å². The molecule has 4 nitrogen and oxygen atoms in total. The summed E-state index contributed by atoms with van der Waals surface area (Å²) in [7, 11) is 0. The van der Waals surface area contributed by atoms with Crippen LogP contribution < -0.4 is 11.5 Å². The number of hydrogen-bond acceptors (Lipinski definition) is 3. The molecule has 3 aromatic rings. The van der Waals surface area contributed by atoms with Crippen LogP contribution in [0.25, 0.3) is 11.1 Å². The van der Waals surface area contributed by atoms with Crippen LogP contribution in [-0.2, 0) is 0 Å². The predicted octanol–water partition coefficient (Wildman–Crippen LogP) is 3.24. The normalized spacial score (nSPS) is 12.8. The van der Waals surface area contributed by atoms with Gasteiger partial charge in [-0.25, -0.2) is 4.79 Å². The summed E-state index contributed by atoms with van der Waals surface area (Å²) in [5.74, 6) is -0.456. The van der Waals surface area contributed by atoms with Crippen molar-refractivity contribution < 1.29 is 4.42 Å². The van der Waals surface area contributed by atoms with Gasteiger partial charge in [-0.1, -0.05) is 34.1 Å². The molecule has 3 N–H and O–H groups in total. The van der Waals surface area contributed by atoms with Crippen molar-refractivity contribution in [3.05, 3.63) is 68.1 Å². The lowest BCUT2D eigenvalue weighted by Gasteiger charge is -2.14. The van der Waals surface area contributed by atoms with E-state index < -0.39 is 5.76 Å². The lowest BCUT2D eigenvalue weighted by molar-refractivity contribution is 0.555. The number of oxazole rings is 1. The first-order valence-corrected chi connectivity index (χ1v) is 6.98. The summed E-state index contributed by atoms with van der Waals surface area (Å²) in [6.45, 7) is 2.03. The van der Waals surface area contributed by atoms with Crippen molar-refractivity contribution in [2.24, 2.45) is 5.73 Å². The molecule has 0 saturated carbocycles. The number of aromatic nitrogens is 1. The van der Waals surface area contributed by atoms with Crippen LogP contribution in [0.4, 0.5) is 0 Å². The Morgan fingerprint density at radius 1 is 1.25 bits per heavy atom. The Balaban J connectivity index is 2.06. The zero-order chi connectivity index (χ0) is 14.3. The fourth-order valence-corrected chi connectivity index (χ4v) is 2.96. The molecule has 0 fully saturated rings. The van der Waals surface area contributed by atoms with Gasteiger partial charge in [0, 0.05) is 4.47 Å². The maximum absolute atomic E-state index is 11.2. The van der Waals surface area contributed by atoms with Crippen molar-refractivity contribution in [3.63, 3.8) is 0 Å². The average molecular weight is 333 g/mol. The van der Waals surface area contributed by atoms with Gasteiger partial charge >= 0.3 is 5.76 Å². The number of nitrogens with one attached hydrogen (secondary N) is 1. The van der Waals surface area contributed by atoms with Crippen molar-refractivity contribution in [1.82, 2.24) is 4.98 Å². The molecule has 1 unspecified atom stereocenters. The highest BCUT2D eigenvalue weighted by atomic mass is 79.9. The first-order valence-electron chi connectivity index (χ1n) is 6.19. The smallest absolute Gasteiger partial charge is 0.408 e. The molecule has 1 atom stereocenters. The average Bonchev–Trinajstić information content (AvgIpc) is 2.77. The van der Waals surface area contributed by atoms with Gasteiger partial charge in [-0.2, -0.15) is 0 Å². The minimum Gasteiger partial charge on any atom is -0.408 e. The Morgan fingerprint density at radius 2 is 2.05 bits per heavy atom. The number of aromatic amines is 1. The molecule has 102 valence electrons. The highest BCUT2D eigenvalue weighted by molar-refractivity contribution is 9.10. The van der Waals surface area contributed by atoms with Gasteiger partial charge in [0.2, 0.25) is 0 Å². The number of nitrogens with two attached hydrogens (primary N) is 1. The predicted molar refractivity (Wildman–Crippen MR) is 81.7 cm³/mol. The fourth-order valence-electron chi connectivity index (χ4n) is 2.22. The first-order chi connectivity index (χ1) is 9.54. The highest BCUT2D eigenvalue weighted by Crippen LogP contribution is 2.28. The third kappa shape index (κ3) is 2.30. The molecule has 0 aliphatic rings. The Bertz CT molecular complexity index is 835. The quantitative estimate of drug-likeness (QED) is 0.756. The molecule has 0 aliphatic heterocycles. The van der Waals surface area contributed by atoms with E-state index in [4.69, 9.17) is 10.2 Å². The molecule has 5 heteroatoms. The van der Waals surface area contributed by atoms with Gasteiger partial charge in [0.25, 0.3) is 0 Å². The van der Waals surface area contributed by atoms with Gasteiger partial charge in [-0.05, 0) is 41.8 Å². The molecule has 0 bridgehead atoms. The fraction of sp³-hybridized carbons (Fsp3) is 0.133. The van der Waals surface area contributed by atoms with Crippen molar-refractivity contribution in [2.45, 2.75) is 13.0 Å². The van der Waals surface area contributed by atoms with Gasteiger partial charge in [0.1, 0.15) is 0 Å². The van der Waals surface area contributed by atoms with E-state index in [1.807, 2.05) is 31.2 Å². The van der Waals surface area contributed by atoms with Gasteiger partial charge < -0.3 is 10.2 Å². The monoisotopic (exact) mass is 332 g/mol. The number of rotatable bonds is 2. The first kappa shape index (κ1) is 13.1. The van der Waals surface area contributed by atoms with Crippen LogP contribution in [0.3, 0.4) is 0 Å². The summed E-state index contributed by atoms with van der Waals surface area (Å²) in [4.78, 5) is 13.8. The lowest BCUT2D eigenvalue weighted by Crippen LogP contribution is -2.12. The maximum atomic E-state index is 11.2. The molecule has 1 aromatic heterocycles. The number of hydrogen-bond donors (Lipinski definition) is 2. The maximum Gasteiger partial charge on any atom is 0.417 e. The van der Waals surface area contributed by atoms with Gasteiger partial charge in [0.05, 0.1) is 11.6 Å². The molecule has 3 rings (SSSR count). The minimum atomic E-state index is -0.456. The Labute approximate surface area is 123 Å². The Hall–Kier alpha value is -1.85. The SMILES string of the molecule is Cc1ccc(C(N)c2ccc3[nH]c(=O)oc3c2)c(Br)c1. The third-order valence-corrected chi connectivity index (χ3v) is 3.98. The second kappa shape index (κ2) is 4.92. The highest BCUT2D eigenvalue weighted by Gasteiger charge is 2.14. The second-order valence-corrected chi connectivity index (χ2v) is 5.63. The van der Waals surface area contributed by atoms with E-state index in [0.717, 1.165) is 15.6 Å². The molecular formula is C15H13BrN2O2. The molecule has 0 amide bonds. The molecule has 0 radical (unpaired) electrons. The van der Waals surface area contributed by atoms with Crippen LogP contribution in [0.1, 0.15) is 22.7 Å². The number of benzene rings is 2. The van der Waals surface area contributed by atoms with Crippen LogP contribution in [0.15, 0.2) is 50.1 Å². The zero-order valence-corrected chi connectivity index (χ0v) is 12.4. The number of aryl methyl sites for hydroxylation is 1. The molecule has 1 heterocycles. The minimum absolute atomic E-state index is 0.283. The van der Waals surface area contributed by atoms with Crippen molar-refractivity contribution in [1.29, 1.82) is 0 Å². The topological polar surface area (TPSA) is 72.0 Å². The van der Waals surface area contributed by atoms with Crippen LogP contribution >= 0.6 is 15.9 Å². The lowest BCUT2D eigenvalue weighted by atomic mass is 9.98. The van der Waals surface area contributed by atoms with E-state index in [9.17, 15) is 4.79 Å². The van der Waals surface area contributed by atoms with Crippen molar-refractivity contribution >= 4 is 27.0 Å². The molecule has 2 aromatic carbocycles. The molecular weight excluding hydrogens is 320 g/mol.